The second kappa shape index (κ2) is 10.3. The molecule has 0 amide bonds. The van der Waals surface area contributed by atoms with Crippen LogP contribution in [0.4, 0.5) is 5.69 Å². The van der Waals surface area contributed by atoms with Crippen molar-refractivity contribution in [3.63, 3.8) is 0 Å². The highest BCUT2D eigenvalue weighted by Crippen LogP contribution is 2.41. The molecule has 0 N–H and O–H groups in total. The van der Waals surface area contributed by atoms with E-state index in [0.717, 1.165) is 34.7 Å². The zero-order chi connectivity index (χ0) is 29.5. The second-order valence-corrected chi connectivity index (χ2v) is 11.5. The number of ketones is 1. The van der Waals surface area contributed by atoms with Gasteiger partial charge < -0.3 is 18.2 Å². The number of hydrogen-bond donors (Lipinski definition) is 0. The van der Waals surface area contributed by atoms with E-state index in [0.29, 0.717) is 0 Å². The van der Waals surface area contributed by atoms with Gasteiger partial charge >= 0.3 is 10.1 Å². The molecule has 5 rings (SSSR count). The Kier molecular flexibility index (Phi) is 6.92. The Balaban J connectivity index is 1.50. The maximum atomic E-state index is 13.3. The monoisotopic (exact) mass is 574 g/mol. The summed E-state index contributed by atoms with van der Waals surface area (Å²) < 4.78 is 45.1. The minimum absolute atomic E-state index is 0.0813. The van der Waals surface area contributed by atoms with Gasteiger partial charge in [0.15, 0.2) is 11.5 Å². The molecule has 0 fully saturated rings. The zero-order valence-electron chi connectivity index (χ0n) is 22.7. The number of aryl methyl sites for hydroxylation is 1. The molecule has 3 aromatic carbocycles. The van der Waals surface area contributed by atoms with E-state index in [-0.39, 0.29) is 44.7 Å². The van der Waals surface area contributed by atoms with Crippen molar-refractivity contribution in [3.8, 4) is 17.2 Å². The second-order valence-electron chi connectivity index (χ2n) is 9.97. The number of non-ortho nitro benzene ring substituents is 1. The summed E-state index contributed by atoms with van der Waals surface area (Å²) in [6.45, 7) is 3.61. The number of aromatic nitrogens is 1. The smallest absolute Gasteiger partial charge is 0.342 e. The van der Waals surface area contributed by atoms with Gasteiger partial charge in [-0.3, -0.25) is 14.9 Å². The van der Waals surface area contributed by atoms with Crippen LogP contribution in [0.25, 0.3) is 23.1 Å². The molecule has 2 heterocycles. The standard InChI is InChI=1S/C30H26N2O8S/c1-30(2)15-13-23-26(40-41(36,37)28-12-7-21(32(34)35)18-27(28)38-4)11-8-22(29(23)39-30)25(33)10-6-19-5-9-24-20(17-19)14-16-31(24)3/h5-18H,1-4H3/b10-6+. The van der Waals surface area contributed by atoms with Crippen molar-refractivity contribution in [2.45, 2.75) is 24.3 Å². The minimum atomic E-state index is -4.49. The molecule has 41 heavy (non-hydrogen) atoms. The van der Waals surface area contributed by atoms with E-state index < -0.39 is 20.6 Å². The lowest BCUT2D eigenvalue weighted by Crippen LogP contribution is -2.29. The van der Waals surface area contributed by atoms with Crippen LogP contribution in [0.3, 0.4) is 0 Å². The summed E-state index contributed by atoms with van der Waals surface area (Å²) in [6, 6.07) is 13.8. The van der Waals surface area contributed by atoms with Crippen LogP contribution in [0.1, 0.15) is 35.3 Å². The van der Waals surface area contributed by atoms with Gasteiger partial charge in [0.1, 0.15) is 22.0 Å². The maximum absolute atomic E-state index is 13.3. The molecule has 1 aliphatic heterocycles. The molecule has 4 aromatic rings. The Labute approximate surface area is 236 Å². The molecule has 0 aliphatic carbocycles. The first kappa shape index (κ1) is 27.7. The molecule has 0 saturated carbocycles. The number of hydrogen-bond acceptors (Lipinski definition) is 8. The number of nitro groups is 1. The zero-order valence-corrected chi connectivity index (χ0v) is 23.5. The van der Waals surface area contributed by atoms with Crippen molar-refractivity contribution < 1.29 is 31.8 Å². The molecule has 1 aliphatic rings. The molecule has 11 heteroatoms. The first-order valence-electron chi connectivity index (χ1n) is 12.5. The van der Waals surface area contributed by atoms with Crippen molar-refractivity contribution in [2.75, 3.05) is 7.11 Å². The van der Waals surface area contributed by atoms with Crippen LogP contribution < -0.4 is 13.7 Å². The molecule has 0 radical (unpaired) electrons. The third-order valence-electron chi connectivity index (χ3n) is 6.60. The molecule has 0 unspecified atom stereocenters. The average Bonchev–Trinajstić information content (AvgIpc) is 3.30. The average molecular weight is 575 g/mol. The number of ether oxygens (including phenoxy) is 2. The van der Waals surface area contributed by atoms with Crippen LogP contribution in [0.5, 0.6) is 17.2 Å². The predicted octanol–water partition coefficient (Wildman–Crippen LogP) is 5.94. The van der Waals surface area contributed by atoms with Gasteiger partial charge in [0, 0.05) is 30.2 Å². The van der Waals surface area contributed by atoms with Crippen LogP contribution >= 0.6 is 0 Å². The Morgan fingerprint density at radius 3 is 2.59 bits per heavy atom. The van der Waals surface area contributed by atoms with E-state index in [9.17, 15) is 23.3 Å². The number of benzene rings is 3. The van der Waals surface area contributed by atoms with Crippen molar-refractivity contribution in [1.29, 1.82) is 0 Å². The van der Waals surface area contributed by atoms with Crippen LogP contribution in [-0.2, 0) is 17.2 Å². The van der Waals surface area contributed by atoms with E-state index in [1.165, 1.54) is 25.3 Å². The van der Waals surface area contributed by atoms with Gasteiger partial charge in [-0.05, 0) is 74.0 Å². The number of fused-ring (bicyclic) bond motifs is 2. The Morgan fingerprint density at radius 1 is 1.07 bits per heavy atom. The van der Waals surface area contributed by atoms with Crippen LogP contribution in [0.15, 0.2) is 77.8 Å². The highest BCUT2D eigenvalue weighted by molar-refractivity contribution is 7.87. The van der Waals surface area contributed by atoms with Crippen molar-refractivity contribution in [3.05, 3.63) is 99.8 Å². The summed E-state index contributed by atoms with van der Waals surface area (Å²) in [5.41, 5.74) is 1.29. The minimum Gasteiger partial charge on any atom is -0.495 e. The summed E-state index contributed by atoms with van der Waals surface area (Å²) in [5, 5.41) is 12.2. The molecule has 10 nitrogen and oxygen atoms in total. The number of carbonyl (C=O) groups excluding carboxylic acids is 1. The Hall–Kier alpha value is -4.90. The van der Waals surface area contributed by atoms with E-state index in [2.05, 4.69) is 0 Å². The van der Waals surface area contributed by atoms with E-state index in [4.69, 9.17) is 13.7 Å². The third-order valence-corrected chi connectivity index (χ3v) is 7.88. The normalized spacial score (nSPS) is 14.0. The molecule has 210 valence electrons. The fourth-order valence-corrected chi connectivity index (χ4v) is 5.60. The molecule has 0 saturated heterocycles. The number of nitrogens with zero attached hydrogens (tertiary/aromatic N) is 2. The first-order chi connectivity index (χ1) is 19.4. The van der Waals surface area contributed by atoms with Gasteiger partial charge in [0.05, 0.1) is 29.2 Å². The summed E-state index contributed by atoms with van der Waals surface area (Å²) in [4.78, 5) is 23.4. The largest absolute Gasteiger partial charge is 0.495 e. The summed E-state index contributed by atoms with van der Waals surface area (Å²) in [7, 11) is -1.34. The topological polar surface area (TPSA) is 127 Å². The molecule has 0 atom stereocenters. The fourth-order valence-electron chi connectivity index (χ4n) is 4.50. The maximum Gasteiger partial charge on any atom is 0.342 e. The lowest BCUT2D eigenvalue weighted by atomic mass is 9.97. The number of rotatable bonds is 8. The van der Waals surface area contributed by atoms with Crippen LogP contribution in [0.2, 0.25) is 0 Å². The third kappa shape index (κ3) is 5.44. The van der Waals surface area contributed by atoms with E-state index >= 15 is 0 Å². The lowest BCUT2D eigenvalue weighted by Gasteiger charge is -2.30. The summed E-state index contributed by atoms with van der Waals surface area (Å²) in [6.07, 6.45) is 8.47. The highest BCUT2D eigenvalue weighted by atomic mass is 32.2. The van der Waals surface area contributed by atoms with Crippen molar-refractivity contribution in [2.24, 2.45) is 7.05 Å². The quantitative estimate of drug-likeness (QED) is 0.0831. The Bertz CT molecular complexity index is 1880. The number of carbonyl (C=O) groups is 1. The predicted molar refractivity (Wildman–Crippen MR) is 154 cm³/mol. The van der Waals surface area contributed by atoms with Gasteiger partial charge in [0.25, 0.3) is 5.69 Å². The summed E-state index contributed by atoms with van der Waals surface area (Å²) >= 11 is 0. The summed E-state index contributed by atoms with van der Waals surface area (Å²) in [5.74, 6) is -0.491. The van der Waals surface area contributed by atoms with Gasteiger partial charge in [-0.25, -0.2) is 0 Å². The lowest BCUT2D eigenvalue weighted by molar-refractivity contribution is -0.385. The van der Waals surface area contributed by atoms with Crippen LogP contribution in [0, 0.1) is 10.1 Å². The van der Waals surface area contributed by atoms with Gasteiger partial charge in [-0.1, -0.05) is 12.1 Å². The van der Waals surface area contributed by atoms with Crippen molar-refractivity contribution in [1.82, 2.24) is 4.57 Å². The SMILES string of the molecule is COc1cc([N+](=O)[O-])ccc1S(=O)(=O)Oc1ccc(C(=O)/C=C/c2ccc3c(ccn3C)c2)c2c1C=CC(C)(C)O2. The number of nitro benzene ring substituents is 1. The first-order valence-corrected chi connectivity index (χ1v) is 13.9. The molecule has 0 spiro atoms. The van der Waals surface area contributed by atoms with Crippen LogP contribution in [-0.4, -0.2) is 36.4 Å². The number of allylic oxidation sites excluding steroid dienone is 1. The highest BCUT2D eigenvalue weighted by Gasteiger charge is 2.31. The van der Waals surface area contributed by atoms with E-state index in [1.807, 2.05) is 42.1 Å². The molecular formula is C30H26N2O8S. The fraction of sp³-hybridized carbons (Fsp3) is 0.167. The van der Waals surface area contributed by atoms with Gasteiger partial charge in [-0.2, -0.15) is 8.42 Å². The van der Waals surface area contributed by atoms with Gasteiger partial charge in [-0.15, -0.1) is 0 Å². The molecular weight excluding hydrogens is 548 g/mol. The van der Waals surface area contributed by atoms with Gasteiger partial charge in [0.2, 0.25) is 0 Å². The molecule has 0 bridgehead atoms. The van der Waals surface area contributed by atoms with Crippen molar-refractivity contribution >= 4 is 44.6 Å². The number of methoxy groups -OCH3 is 1. The van der Waals surface area contributed by atoms with E-state index in [1.54, 1.807) is 32.1 Å². The Morgan fingerprint density at radius 2 is 1.85 bits per heavy atom. The molecule has 1 aromatic heterocycles.